The molecule has 0 aliphatic carbocycles. The lowest BCUT2D eigenvalue weighted by atomic mass is 9.99. The molecule has 246 valence electrons. The molecule has 0 spiro atoms. The van der Waals surface area contributed by atoms with Crippen LogP contribution in [0.2, 0.25) is 0 Å². The van der Waals surface area contributed by atoms with Gasteiger partial charge in [0.2, 0.25) is 0 Å². The number of amidine groups is 1. The first-order valence-electron chi connectivity index (χ1n) is 17.8. The molecule has 0 saturated carbocycles. The highest BCUT2D eigenvalue weighted by atomic mass is 16.3. The van der Waals surface area contributed by atoms with Crippen molar-refractivity contribution in [3.63, 3.8) is 0 Å². The van der Waals surface area contributed by atoms with Gasteiger partial charge >= 0.3 is 0 Å². The Kier molecular flexibility index (Phi) is 6.39. The number of nitrogens with one attached hydrogen (secondary N) is 2. The van der Waals surface area contributed by atoms with Crippen LogP contribution in [0.15, 0.2) is 179 Å². The van der Waals surface area contributed by atoms with Crippen molar-refractivity contribution in [3.05, 3.63) is 187 Å². The largest absolute Gasteiger partial charge is 0.456 e. The van der Waals surface area contributed by atoms with E-state index in [9.17, 15) is 0 Å². The Bertz CT molecular complexity index is 2940. The fourth-order valence-corrected chi connectivity index (χ4v) is 8.22. The molecule has 2 unspecified atom stereocenters. The first-order chi connectivity index (χ1) is 25.8. The van der Waals surface area contributed by atoms with Gasteiger partial charge in [0, 0.05) is 32.7 Å². The predicted octanol–water partition coefficient (Wildman–Crippen LogP) is 11.3. The number of fused-ring (bicyclic) bond motifs is 8. The van der Waals surface area contributed by atoms with Crippen molar-refractivity contribution in [3.8, 4) is 5.69 Å². The van der Waals surface area contributed by atoms with Crippen LogP contribution in [0.1, 0.15) is 29.0 Å². The van der Waals surface area contributed by atoms with Gasteiger partial charge in [-0.25, -0.2) is 4.99 Å². The standard InChI is InChI=1S/C47H32N4O/c1-3-13-29(14-4-1)45-48-46(30-15-5-2-6-16-30)50-47(49-45)44-38(23-24-42-43(44)35-21-11-12-22-41(35)52-42)51-39-27-33-19-9-7-17-31(33)25-36(39)37-26-32-18-8-10-20-34(32)28-40(37)51/h1-28,45,47,49H,(H,48,50). The summed E-state index contributed by atoms with van der Waals surface area (Å²) in [6.07, 6.45) is -0.610. The summed E-state index contributed by atoms with van der Waals surface area (Å²) in [6.45, 7) is 0. The van der Waals surface area contributed by atoms with Gasteiger partial charge in [0.15, 0.2) is 0 Å². The van der Waals surface area contributed by atoms with Gasteiger partial charge in [0.1, 0.15) is 29.3 Å². The van der Waals surface area contributed by atoms with Gasteiger partial charge in [0.05, 0.1) is 16.7 Å². The Morgan fingerprint density at radius 1 is 0.519 bits per heavy atom. The molecule has 0 radical (unpaired) electrons. The fraction of sp³-hybridized carbons (Fsp3) is 0.0426. The quantitative estimate of drug-likeness (QED) is 0.196. The van der Waals surface area contributed by atoms with Gasteiger partial charge in [-0.2, -0.15) is 0 Å². The summed E-state index contributed by atoms with van der Waals surface area (Å²) < 4.78 is 9.04. The van der Waals surface area contributed by atoms with Gasteiger partial charge < -0.3 is 14.3 Å². The molecule has 8 aromatic carbocycles. The molecular formula is C47H32N4O. The Hall–Kier alpha value is -6.69. The molecule has 5 nitrogen and oxygen atoms in total. The van der Waals surface area contributed by atoms with Crippen LogP contribution in [-0.2, 0) is 0 Å². The first kappa shape index (κ1) is 29.1. The monoisotopic (exact) mass is 668 g/mol. The van der Waals surface area contributed by atoms with E-state index >= 15 is 0 Å². The van der Waals surface area contributed by atoms with E-state index in [4.69, 9.17) is 9.41 Å². The molecule has 1 aliphatic rings. The van der Waals surface area contributed by atoms with Crippen molar-refractivity contribution in [1.82, 2.24) is 15.2 Å². The Balaban J connectivity index is 1.25. The maximum atomic E-state index is 6.57. The van der Waals surface area contributed by atoms with Crippen molar-refractivity contribution in [2.45, 2.75) is 12.3 Å². The molecule has 11 rings (SSSR count). The number of aromatic nitrogens is 1. The number of hydrogen-bond donors (Lipinski definition) is 2. The van der Waals surface area contributed by atoms with Crippen LogP contribution >= 0.6 is 0 Å². The third-order valence-corrected chi connectivity index (χ3v) is 10.6. The lowest BCUT2D eigenvalue weighted by molar-refractivity contribution is 0.410. The molecule has 1 aliphatic heterocycles. The summed E-state index contributed by atoms with van der Waals surface area (Å²) in [5.41, 5.74) is 8.35. The number of rotatable bonds is 4. The molecule has 10 aromatic rings. The summed E-state index contributed by atoms with van der Waals surface area (Å²) >= 11 is 0. The van der Waals surface area contributed by atoms with Crippen LogP contribution < -0.4 is 10.6 Å². The van der Waals surface area contributed by atoms with E-state index in [1.807, 2.05) is 12.1 Å². The average Bonchev–Trinajstić information content (AvgIpc) is 3.74. The van der Waals surface area contributed by atoms with Crippen LogP contribution in [0.3, 0.4) is 0 Å². The number of hydrogen-bond acceptors (Lipinski definition) is 4. The van der Waals surface area contributed by atoms with Crippen molar-refractivity contribution in [2.24, 2.45) is 4.99 Å². The zero-order valence-corrected chi connectivity index (χ0v) is 28.1. The molecule has 2 aromatic heterocycles. The lowest BCUT2D eigenvalue weighted by Crippen LogP contribution is -2.45. The van der Waals surface area contributed by atoms with E-state index < -0.39 is 0 Å². The summed E-state index contributed by atoms with van der Waals surface area (Å²) in [4.78, 5) is 5.25. The molecule has 3 heterocycles. The number of para-hydroxylation sites is 1. The van der Waals surface area contributed by atoms with Gasteiger partial charge in [-0.3, -0.25) is 5.32 Å². The minimum absolute atomic E-state index is 0.282. The molecule has 52 heavy (non-hydrogen) atoms. The SMILES string of the molecule is c1ccc(C2=NC(c3ccccc3)NC(c3c(-n4c5cc6ccccc6cc5c5cc6ccccc6cc54)ccc4oc5ccccc5c34)N2)cc1. The number of benzene rings is 8. The molecule has 0 bridgehead atoms. The number of aliphatic imine (C=N–C) groups is 1. The van der Waals surface area contributed by atoms with Gasteiger partial charge in [-0.05, 0) is 69.6 Å². The second kappa shape index (κ2) is 11.4. The topological polar surface area (TPSA) is 54.5 Å². The third-order valence-electron chi connectivity index (χ3n) is 10.6. The first-order valence-corrected chi connectivity index (χ1v) is 17.8. The zero-order valence-electron chi connectivity index (χ0n) is 28.1. The van der Waals surface area contributed by atoms with Crippen LogP contribution in [0.25, 0.3) is 71.0 Å². The smallest absolute Gasteiger partial charge is 0.135 e. The summed E-state index contributed by atoms with van der Waals surface area (Å²) in [5.74, 6) is 0.841. The van der Waals surface area contributed by atoms with Crippen molar-refractivity contribution in [2.75, 3.05) is 0 Å². The second-order valence-electron chi connectivity index (χ2n) is 13.6. The van der Waals surface area contributed by atoms with E-state index in [0.29, 0.717) is 0 Å². The Morgan fingerprint density at radius 3 is 1.77 bits per heavy atom. The number of furan rings is 1. The fourth-order valence-electron chi connectivity index (χ4n) is 8.22. The zero-order chi connectivity index (χ0) is 34.2. The highest BCUT2D eigenvalue weighted by Gasteiger charge is 2.31. The van der Waals surface area contributed by atoms with Crippen molar-refractivity contribution >= 4 is 71.1 Å². The molecule has 0 fully saturated rings. The second-order valence-corrected chi connectivity index (χ2v) is 13.6. The van der Waals surface area contributed by atoms with E-state index in [1.54, 1.807) is 0 Å². The van der Waals surface area contributed by atoms with E-state index in [1.165, 1.54) is 32.3 Å². The Morgan fingerprint density at radius 2 is 1.10 bits per heavy atom. The maximum Gasteiger partial charge on any atom is 0.135 e. The normalized spacial score (nSPS) is 16.3. The van der Waals surface area contributed by atoms with E-state index in [0.717, 1.165) is 61.2 Å². The molecule has 5 heteroatoms. The molecular weight excluding hydrogens is 637 g/mol. The summed E-state index contributed by atoms with van der Waals surface area (Å²) in [5, 5.41) is 17.3. The molecule has 0 amide bonds. The third kappa shape index (κ3) is 4.50. The van der Waals surface area contributed by atoms with E-state index in [-0.39, 0.29) is 12.3 Å². The highest BCUT2D eigenvalue weighted by molar-refractivity contribution is 6.17. The van der Waals surface area contributed by atoms with Crippen molar-refractivity contribution < 1.29 is 4.42 Å². The molecule has 2 N–H and O–H groups in total. The van der Waals surface area contributed by atoms with Crippen LogP contribution in [0, 0.1) is 0 Å². The average molecular weight is 669 g/mol. The summed E-state index contributed by atoms with van der Waals surface area (Å²) in [7, 11) is 0. The van der Waals surface area contributed by atoms with Crippen LogP contribution in [0.4, 0.5) is 0 Å². The van der Waals surface area contributed by atoms with Gasteiger partial charge in [-0.1, -0.05) is 127 Å². The lowest BCUT2D eigenvalue weighted by Gasteiger charge is -2.33. The molecule has 2 atom stereocenters. The predicted molar refractivity (Wildman–Crippen MR) is 214 cm³/mol. The minimum atomic E-state index is -0.328. The molecule has 0 saturated heterocycles. The minimum Gasteiger partial charge on any atom is -0.456 e. The maximum absolute atomic E-state index is 6.57. The number of nitrogens with zero attached hydrogens (tertiary/aromatic N) is 2. The highest BCUT2D eigenvalue weighted by Crippen LogP contribution is 2.43. The van der Waals surface area contributed by atoms with Crippen LogP contribution in [0.5, 0.6) is 0 Å². The van der Waals surface area contributed by atoms with Gasteiger partial charge in [-0.15, -0.1) is 0 Å². The van der Waals surface area contributed by atoms with Crippen LogP contribution in [-0.4, -0.2) is 10.4 Å². The van der Waals surface area contributed by atoms with Gasteiger partial charge in [0.25, 0.3) is 0 Å². The summed E-state index contributed by atoms with van der Waals surface area (Å²) in [6, 6.07) is 60.4. The Labute approximate surface area is 299 Å². The van der Waals surface area contributed by atoms with Crippen molar-refractivity contribution in [1.29, 1.82) is 0 Å². The van der Waals surface area contributed by atoms with E-state index in [2.05, 4.69) is 173 Å².